The number of hydrogen-bond acceptors (Lipinski definition) is 1. The van der Waals surface area contributed by atoms with Crippen molar-refractivity contribution < 1.29 is 9.13 Å². The van der Waals surface area contributed by atoms with E-state index in [4.69, 9.17) is 27.9 Å². The van der Waals surface area contributed by atoms with Gasteiger partial charge in [-0.05, 0) is 43.7 Å². The van der Waals surface area contributed by atoms with E-state index >= 15 is 0 Å². The Morgan fingerprint density at radius 3 is 2.25 bits per heavy atom. The van der Waals surface area contributed by atoms with Crippen LogP contribution in [0, 0.1) is 5.82 Å². The first-order chi connectivity index (χ1) is 9.49. The van der Waals surface area contributed by atoms with E-state index < -0.39 is 11.2 Å². The van der Waals surface area contributed by atoms with Crippen molar-refractivity contribution in [2.75, 3.05) is 0 Å². The monoisotopic (exact) mass is 312 g/mol. The summed E-state index contributed by atoms with van der Waals surface area (Å²) in [7, 11) is 0. The lowest BCUT2D eigenvalue weighted by Crippen LogP contribution is -2.05. The maximum atomic E-state index is 13.8. The van der Waals surface area contributed by atoms with E-state index in [9.17, 15) is 4.39 Å². The van der Waals surface area contributed by atoms with Crippen LogP contribution in [0.4, 0.5) is 4.39 Å². The van der Waals surface area contributed by atoms with Gasteiger partial charge in [0.15, 0.2) is 0 Å². The molecule has 0 amide bonds. The minimum atomic E-state index is -0.628. The molecule has 4 heteroatoms. The molecule has 0 spiro atoms. The molecule has 106 valence electrons. The molecule has 0 aliphatic rings. The fraction of sp³-hybridized carbons (Fsp3) is 0.250. The van der Waals surface area contributed by atoms with Crippen molar-refractivity contribution in [3.63, 3.8) is 0 Å². The lowest BCUT2D eigenvalue weighted by Gasteiger charge is -2.14. The smallest absolute Gasteiger partial charge is 0.129 e. The Bertz CT molecular complexity index is 561. The van der Waals surface area contributed by atoms with Crippen LogP contribution in [-0.2, 0) is 0 Å². The molecule has 1 unspecified atom stereocenters. The molecule has 2 aromatic rings. The van der Waals surface area contributed by atoms with Gasteiger partial charge in [0.2, 0.25) is 0 Å². The number of hydrogen-bond donors (Lipinski definition) is 0. The molecule has 0 aliphatic carbocycles. The molecule has 0 N–H and O–H groups in total. The highest BCUT2D eigenvalue weighted by atomic mass is 35.5. The normalized spacial score (nSPS) is 12.5. The Morgan fingerprint density at radius 1 is 1.05 bits per heavy atom. The third kappa shape index (κ3) is 3.44. The summed E-state index contributed by atoms with van der Waals surface area (Å²) in [6.45, 7) is 3.91. The Labute approximate surface area is 128 Å². The summed E-state index contributed by atoms with van der Waals surface area (Å²) in [6, 6.07) is 11.8. The van der Waals surface area contributed by atoms with E-state index in [0.29, 0.717) is 10.6 Å². The van der Waals surface area contributed by atoms with Gasteiger partial charge >= 0.3 is 0 Å². The van der Waals surface area contributed by atoms with Crippen molar-refractivity contribution >= 4 is 23.2 Å². The van der Waals surface area contributed by atoms with Crippen LogP contribution < -0.4 is 4.74 Å². The number of ether oxygens (including phenoxy) is 1. The zero-order valence-electron chi connectivity index (χ0n) is 11.2. The predicted molar refractivity (Wildman–Crippen MR) is 81.3 cm³/mol. The molecule has 20 heavy (non-hydrogen) atoms. The van der Waals surface area contributed by atoms with Crippen molar-refractivity contribution in [1.29, 1.82) is 0 Å². The van der Waals surface area contributed by atoms with Crippen LogP contribution in [0.3, 0.4) is 0 Å². The van der Waals surface area contributed by atoms with E-state index in [1.165, 1.54) is 6.07 Å². The standard InChI is InChI=1S/C16H15Cl2FO/c1-10(2)20-12-8-6-11(7-9-12)16(18)15-13(17)4-3-5-14(15)19/h3-10,16H,1-2H3. The Balaban J connectivity index is 2.27. The first-order valence-corrected chi connectivity index (χ1v) is 7.15. The van der Waals surface area contributed by atoms with Gasteiger partial charge in [0.25, 0.3) is 0 Å². The molecule has 2 aromatic carbocycles. The van der Waals surface area contributed by atoms with Crippen molar-refractivity contribution in [2.24, 2.45) is 0 Å². The highest BCUT2D eigenvalue weighted by Gasteiger charge is 2.18. The minimum Gasteiger partial charge on any atom is -0.491 e. The molecule has 0 aromatic heterocycles. The predicted octanol–water partition coefficient (Wildman–Crippen LogP) is 5.59. The summed E-state index contributed by atoms with van der Waals surface area (Å²) >= 11 is 12.4. The second-order valence-electron chi connectivity index (χ2n) is 4.73. The summed E-state index contributed by atoms with van der Waals surface area (Å²) in [5.74, 6) is 0.354. The lowest BCUT2D eigenvalue weighted by atomic mass is 10.0. The highest BCUT2D eigenvalue weighted by molar-refractivity contribution is 6.33. The summed E-state index contributed by atoms with van der Waals surface area (Å²) in [6.07, 6.45) is 0.105. The Morgan fingerprint density at radius 2 is 1.70 bits per heavy atom. The average molecular weight is 313 g/mol. The van der Waals surface area contributed by atoms with Crippen LogP contribution in [-0.4, -0.2) is 6.10 Å². The molecule has 0 saturated carbocycles. The zero-order valence-corrected chi connectivity index (χ0v) is 12.8. The largest absolute Gasteiger partial charge is 0.491 e. The number of rotatable bonds is 4. The van der Waals surface area contributed by atoms with E-state index in [1.807, 2.05) is 38.1 Å². The van der Waals surface area contributed by atoms with Crippen molar-refractivity contribution in [2.45, 2.75) is 25.3 Å². The molecular formula is C16H15Cl2FO. The van der Waals surface area contributed by atoms with Gasteiger partial charge in [-0.25, -0.2) is 4.39 Å². The third-order valence-corrected chi connectivity index (χ3v) is 3.60. The second kappa shape index (κ2) is 6.47. The van der Waals surface area contributed by atoms with Crippen LogP contribution in [0.25, 0.3) is 0 Å². The minimum absolute atomic E-state index is 0.105. The van der Waals surface area contributed by atoms with E-state index in [0.717, 1.165) is 11.3 Å². The Kier molecular flexibility index (Phi) is 4.90. The lowest BCUT2D eigenvalue weighted by molar-refractivity contribution is 0.242. The van der Waals surface area contributed by atoms with Gasteiger partial charge in [0.05, 0.1) is 11.5 Å². The summed E-state index contributed by atoms with van der Waals surface area (Å²) < 4.78 is 19.4. The molecule has 1 nitrogen and oxygen atoms in total. The topological polar surface area (TPSA) is 9.23 Å². The van der Waals surface area contributed by atoms with Gasteiger partial charge in [-0.3, -0.25) is 0 Å². The van der Waals surface area contributed by atoms with Crippen LogP contribution >= 0.6 is 23.2 Å². The Hall–Kier alpha value is -1.25. The summed E-state index contributed by atoms with van der Waals surface area (Å²) in [5.41, 5.74) is 1.07. The van der Waals surface area contributed by atoms with Gasteiger partial charge < -0.3 is 4.74 Å². The van der Waals surface area contributed by atoms with Crippen molar-refractivity contribution in [3.05, 3.63) is 64.4 Å². The SMILES string of the molecule is CC(C)Oc1ccc(C(Cl)c2c(F)cccc2Cl)cc1. The van der Waals surface area contributed by atoms with Crippen molar-refractivity contribution in [1.82, 2.24) is 0 Å². The fourth-order valence-electron chi connectivity index (χ4n) is 1.91. The fourth-order valence-corrected chi connectivity index (χ4v) is 2.60. The molecule has 0 bridgehead atoms. The molecule has 0 saturated heterocycles. The van der Waals surface area contributed by atoms with Gasteiger partial charge in [-0.15, -0.1) is 11.6 Å². The van der Waals surface area contributed by atoms with Crippen LogP contribution in [0.15, 0.2) is 42.5 Å². The second-order valence-corrected chi connectivity index (χ2v) is 5.58. The van der Waals surface area contributed by atoms with E-state index in [-0.39, 0.29) is 6.10 Å². The maximum absolute atomic E-state index is 13.8. The van der Waals surface area contributed by atoms with Crippen molar-refractivity contribution in [3.8, 4) is 5.75 Å². The molecular weight excluding hydrogens is 298 g/mol. The molecule has 0 fully saturated rings. The summed E-state index contributed by atoms with van der Waals surface area (Å²) in [4.78, 5) is 0. The zero-order chi connectivity index (χ0) is 14.7. The third-order valence-electron chi connectivity index (χ3n) is 2.80. The van der Waals surface area contributed by atoms with E-state index in [1.54, 1.807) is 12.1 Å². The highest BCUT2D eigenvalue weighted by Crippen LogP contribution is 2.35. The van der Waals surface area contributed by atoms with Crippen LogP contribution in [0.1, 0.15) is 30.4 Å². The first kappa shape index (κ1) is 15.1. The molecule has 0 aliphatic heterocycles. The maximum Gasteiger partial charge on any atom is 0.129 e. The number of alkyl halides is 1. The molecule has 0 heterocycles. The average Bonchev–Trinajstić information content (AvgIpc) is 2.38. The van der Waals surface area contributed by atoms with Gasteiger partial charge in [0, 0.05) is 10.6 Å². The van der Waals surface area contributed by atoms with Crippen LogP contribution in [0.2, 0.25) is 5.02 Å². The quantitative estimate of drug-likeness (QED) is 0.668. The first-order valence-electron chi connectivity index (χ1n) is 6.33. The molecule has 2 rings (SSSR count). The van der Waals surface area contributed by atoms with Gasteiger partial charge in [0.1, 0.15) is 11.6 Å². The van der Waals surface area contributed by atoms with E-state index in [2.05, 4.69) is 0 Å². The van der Waals surface area contributed by atoms with Gasteiger partial charge in [-0.2, -0.15) is 0 Å². The molecule has 1 atom stereocenters. The summed E-state index contributed by atoms with van der Waals surface area (Å²) in [5, 5.41) is -0.302. The van der Waals surface area contributed by atoms with Crippen LogP contribution in [0.5, 0.6) is 5.75 Å². The van der Waals surface area contributed by atoms with Gasteiger partial charge in [-0.1, -0.05) is 29.8 Å². The molecule has 0 radical (unpaired) electrons. The number of benzene rings is 2. The number of halogens is 3.